The van der Waals surface area contributed by atoms with Crippen LogP contribution in [0.25, 0.3) is 0 Å². The van der Waals surface area contributed by atoms with Crippen molar-refractivity contribution in [2.24, 2.45) is 0 Å². The van der Waals surface area contributed by atoms with Gasteiger partial charge in [-0.25, -0.2) is 0 Å². The highest BCUT2D eigenvalue weighted by molar-refractivity contribution is 7.62. The molecule has 0 aliphatic heterocycles. The van der Waals surface area contributed by atoms with Crippen molar-refractivity contribution in [3.05, 3.63) is 22.7 Å². The molecule has 0 N–H and O–H groups in total. The molecule has 0 fully saturated rings. The van der Waals surface area contributed by atoms with Crippen molar-refractivity contribution in [2.75, 3.05) is 12.3 Å². The van der Waals surface area contributed by atoms with Crippen molar-refractivity contribution >= 4 is 16.0 Å². The molecule has 0 spiro atoms. The summed E-state index contributed by atoms with van der Waals surface area (Å²) < 4.78 is 0. The molecule has 0 nitrogen and oxygen atoms in total. The van der Waals surface area contributed by atoms with E-state index in [1.807, 2.05) is 5.20 Å². The molecule has 0 atom stereocenters. The molecule has 0 amide bonds. The Labute approximate surface area is 91.2 Å². The van der Waals surface area contributed by atoms with E-state index in [4.69, 9.17) is 0 Å². The zero-order valence-electron chi connectivity index (χ0n) is 10.2. The van der Waals surface area contributed by atoms with E-state index in [-0.39, 0.29) is 7.92 Å². The molecule has 1 rings (SSSR count). The van der Waals surface area contributed by atoms with E-state index in [1.54, 1.807) is 5.31 Å². The zero-order valence-corrected chi connectivity index (χ0v) is 12.1. The standard InChI is InChI=1S/C12H23PSi/c1-6-13(7-2)11-9-8-10-12(11)14(3,4)5/h8-9H,6-7,10H2,1-5H3. The topological polar surface area (TPSA) is 0 Å². The second-order valence-electron chi connectivity index (χ2n) is 4.89. The van der Waals surface area contributed by atoms with Gasteiger partial charge in [0.2, 0.25) is 0 Å². The van der Waals surface area contributed by atoms with Crippen molar-refractivity contribution < 1.29 is 0 Å². The van der Waals surface area contributed by atoms with Crippen LogP contribution in [-0.2, 0) is 0 Å². The molecular formula is C12H23PSi. The van der Waals surface area contributed by atoms with Crippen molar-refractivity contribution in [2.45, 2.75) is 39.9 Å². The minimum atomic E-state index is -1.05. The van der Waals surface area contributed by atoms with Crippen molar-refractivity contribution in [3.8, 4) is 0 Å². The molecule has 0 aromatic heterocycles. The van der Waals surface area contributed by atoms with Gasteiger partial charge in [-0.3, -0.25) is 0 Å². The molecule has 0 bridgehead atoms. The van der Waals surface area contributed by atoms with Crippen molar-refractivity contribution in [1.29, 1.82) is 0 Å². The molecule has 0 radical (unpaired) electrons. The molecular weight excluding hydrogens is 203 g/mol. The first-order valence-electron chi connectivity index (χ1n) is 5.65. The Hall–Kier alpha value is 0.127. The van der Waals surface area contributed by atoms with E-state index in [2.05, 4.69) is 45.6 Å². The quantitative estimate of drug-likeness (QED) is 0.485. The fourth-order valence-corrected chi connectivity index (χ4v) is 7.02. The molecule has 0 unspecified atom stereocenters. The molecule has 1 aliphatic carbocycles. The molecule has 2 heteroatoms. The largest absolute Gasteiger partial charge is 0.0802 e. The SMILES string of the molecule is CCP(CC)C1=C([Si](C)(C)C)CC=C1. The lowest BCUT2D eigenvalue weighted by molar-refractivity contribution is 1.34. The first-order chi connectivity index (χ1) is 6.50. The highest BCUT2D eigenvalue weighted by atomic mass is 31.1. The fraction of sp³-hybridized carbons (Fsp3) is 0.667. The maximum atomic E-state index is 2.48. The third kappa shape index (κ3) is 2.58. The van der Waals surface area contributed by atoms with E-state index in [0.29, 0.717) is 0 Å². The smallest absolute Gasteiger partial charge is 0.0736 e. The Bertz CT molecular complexity index is 254. The molecule has 14 heavy (non-hydrogen) atoms. The van der Waals surface area contributed by atoms with Crippen LogP contribution in [0.3, 0.4) is 0 Å². The van der Waals surface area contributed by atoms with Gasteiger partial charge in [0.15, 0.2) is 0 Å². The lowest BCUT2D eigenvalue weighted by Gasteiger charge is -2.24. The number of hydrogen-bond acceptors (Lipinski definition) is 0. The van der Waals surface area contributed by atoms with Gasteiger partial charge in [-0.15, -0.1) is 0 Å². The summed E-state index contributed by atoms with van der Waals surface area (Å²) in [6.07, 6.45) is 8.78. The lowest BCUT2D eigenvalue weighted by Crippen LogP contribution is -2.24. The van der Waals surface area contributed by atoms with Gasteiger partial charge in [-0.1, -0.05) is 58.8 Å². The first-order valence-corrected chi connectivity index (χ1v) is 10.9. The van der Waals surface area contributed by atoms with Crippen LogP contribution in [-0.4, -0.2) is 20.4 Å². The molecule has 80 valence electrons. The summed E-state index contributed by atoms with van der Waals surface area (Å²) in [5.41, 5.74) is 0. The number of rotatable bonds is 4. The summed E-state index contributed by atoms with van der Waals surface area (Å²) in [6, 6.07) is 0. The minimum Gasteiger partial charge on any atom is -0.0802 e. The second-order valence-corrected chi connectivity index (χ2v) is 12.8. The van der Waals surface area contributed by atoms with Crippen LogP contribution in [0.15, 0.2) is 22.7 Å². The summed E-state index contributed by atoms with van der Waals surface area (Å²) >= 11 is 0. The normalized spacial score (nSPS) is 17.3. The minimum absolute atomic E-state index is 0.167. The van der Waals surface area contributed by atoms with Gasteiger partial charge >= 0.3 is 0 Å². The molecule has 0 heterocycles. The Morgan fingerprint density at radius 2 is 1.79 bits per heavy atom. The predicted octanol–water partition coefficient (Wildman–Crippen LogP) is 4.60. The third-order valence-electron chi connectivity index (χ3n) is 2.92. The Morgan fingerprint density at radius 1 is 1.21 bits per heavy atom. The van der Waals surface area contributed by atoms with E-state index < -0.39 is 8.07 Å². The van der Waals surface area contributed by atoms with Crippen molar-refractivity contribution in [1.82, 2.24) is 0 Å². The van der Waals surface area contributed by atoms with Gasteiger partial charge in [-0.05, 0) is 24.1 Å². The van der Waals surface area contributed by atoms with Crippen LogP contribution < -0.4 is 0 Å². The third-order valence-corrected chi connectivity index (χ3v) is 8.04. The van der Waals surface area contributed by atoms with Gasteiger partial charge < -0.3 is 0 Å². The maximum absolute atomic E-state index is 2.48. The number of allylic oxidation sites excluding steroid dienone is 4. The molecule has 0 aromatic carbocycles. The zero-order chi connectivity index (χ0) is 10.8. The van der Waals surface area contributed by atoms with Gasteiger partial charge in [0.1, 0.15) is 0 Å². The molecule has 0 aromatic rings. The van der Waals surface area contributed by atoms with Crippen LogP contribution in [0.5, 0.6) is 0 Å². The van der Waals surface area contributed by atoms with E-state index in [1.165, 1.54) is 18.7 Å². The summed E-state index contributed by atoms with van der Waals surface area (Å²) in [6.45, 7) is 12.1. The summed E-state index contributed by atoms with van der Waals surface area (Å²) in [5.74, 6) is 0. The molecule has 0 saturated heterocycles. The Morgan fingerprint density at radius 3 is 2.21 bits per heavy atom. The molecule has 0 saturated carbocycles. The van der Waals surface area contributed by atoms with E-state index >= 15 is 0 Å². The second kappa shape index (κ2) is 4.77. The predicted molar refractivity (Wildman–Crippen MR) is 72.1 cm³/mol. The van der Waals surface area contributed by atoms with Gasteiger partial charge in [0, 0.05) is 0 Å². The van der Waals surface area contributed by atoms with Crippen LogP contribution in [0.2, 0.25) is 19.6 Å². The average molecular weight is 226 g/mol. The van der Waals surface area contributed by atoms with Gasteiger partial charge in [-0.2, -0.15) is 0 Å². The van der Waals surface area contributed by atoms with Crippen LogP contribution >= 0.6 is 7.92 Å². The Kier molecular flexibility index (Phi) is 4.15. The van der Waals surface area contributed by atoms with E-state index in [0.717, 1.165) is 0 Å². The summed E-state index contributed by atoms with van der Waals surface area (Å²) in [4.78, 5) is 0. The van der Waals surface area contributed by atoms with Crippen molar-refractivity contribution in [3.63, 3.8) is 0 Å². The fourth-order valence-electron chi connectivity index (χ4n) is 2.04. The van der Waals surface area contributed by atoms with Gasteiger partial charge in [0.05, 0.1) is 8.07 Å². The average Bonchev–Trinajstić information content (AvgIpc) is 2.54. The highest BCUT2D eigenvalue weighted by Gasteiger charge is 2.26. The van der Waals surface area contributed by atoms with Crippen LogP contribution in [0, 0.1) is 0 Å². The molecule has 1 aliphatic rings. The summed E-state index contributed by atoms with van der Waals surface area (Å²) in [5, 5.41) is 3.58. The maximum Gasteiger partial charge on any atom is 0.0736 e. The first kappa shape index (κ1) is 12.2. The van der Waals surface area contributed by atoms with E-state index in [9.17, 15) is 0 Å². The highest BCUT2D eigenvalue weighted by Crippen LogP contribution is 2.50. The Balaban J connectivity index is 2.97. The lowest BCUT2D eigenvalue weighted by atomic mass is 10.5. The number of hydrogen-bond donors (Lipinski definition) is 0. The monoisotopic (exact) mass is 226 g/mol. The van der Waals surface area contributed by atoms with Crippen LogP contribution in [0.4, 0.5) is 0 Å². The van der Waals surface area contributed by atoms with Gasteiger partial charge in [0.25, 0.3) is 0 Å². The summed E-state index contributed by atoms with van der Waals surface area (Å²) in [7, 11) is -0.883. The van der Waals surface area contributed by atoms with Crippen LogP contribution in [0.1, 0.15) is 20.3 Å².